The molecule has 0 spiro atoms. The molecule has 0 saturated carbocycles. The minimum Gasteiger partial charge on any atom is -0.397 e. The molecule has 0 aromatic carbocycles. The zero-order valence-electron chi connectivity index (χ0n) is 12.2. The van der Waals surface area contributed by atoms with Crippen molar-refractivity contribution < 1.29 is 5.11 Å². The van der Waals surface area contributed by atoms with Crippen LogP contribution in [0.1, 0.15) is 43.9 Å². The summed E-state index contributed by atoms with van der Waals surface area (Å²) >= 11 is 0. The summed E-state index contributed by atoms with van der Waals surface area (Å²) in [6, 6.07) is 2.01. The van der Waals surface area contributed by atoms with E-state index in [1.165, 1.54) is 11.3 Å². The quantitative estimate of drug-likeness (QED) is 0.874. The molecule has 1 aliphatic rings. The van der Waals surface area contributed by atoms with E-state index in [0.29, 0.717) is 5.92 Å². The van der Waals surface area contributed by atoms with E-state index in [1.54, 1.807) is 6.20 Å². The van der Waals surface area contributed by atoms with Crippen molar-refractivity contribution >= 4 is 5.69 Å². The van der Waals surface area contributed by atoms with Crippen LogP contribution in [0.4, 0.5) is 5.69 Å². The van der Waals surface area contributed by atoms with E-state index < -0.39 is 5.60 Å². The fourth-order valence-electron chi connectivity index (χ4n) is 2.95. The lowest BCUT2D eigenvalue weighted by Gasteiger charge is -2.35. The molecular weight excluding hydrogens is 238 g/mol. The second kappa shape index (κ2) is 5.47. The third-order valence-electron chi connectivity index (χ3n) is 3.72. The lowest BCUT2D eigenvalue weighted by atomic mass is 9.90. The van der Waals surface area contributed by atoms with Gasteiger partial charge in [0.15, 0.2) is 0 Å². The highest BCUT2D eigenvalue weighted by molar-refractivity contribution is 5.40. The average molecular weight is 263 g/mol. The molecule has 1 aromatic rings. The molecule has 1 saturated heterocycles. The molecule has 4 heteroatoms. The maximum atomic E-state index is 9.86. The minimum atomic E-state index is -0.609. The fourth-order valence-corrected chi connectivity index (χ4v) is 2.95. The number of aromatic nitrogens is 1. The van der Waals surface area contributed by atoms with Gasteiger partial charge in [0.05, 0.1) is 17.5 Å². The number of likely N-dealkylation sites (tertiary alicyclic amines) is 1. The van der Waals surface area contributed by atoms with Crippen molar-refractivity contribution in [3.05, 3.63) is 23.5 Å². The molecule has 2 rings (SSSR count). The van der Waals surface area contributed by atoms with Crippen molar-refractivity contribution in [3.63, 3.8) is 0 Å². The molecule has 106 valence electrons. The van der Waals surface area contributed by atoms with Gasteiger partial charge in [-0.15, -0.1) is 0 Å². The standard InChI is InChI=1S/C15H25N3O/c1-11-8-13(16)9-17-14(11)12-4-6-18(7-5-12)10-15(2,3)19/h8-9,12,19H,4-7,10,16H2,1-3H3. The zero-order chi connectivity index (χ0) is 14.0. The molecule has 3 N–H and O–H groups in total. The molecule has 1 aromatic heterocycles. The number of nitrogen functional groups attached to an aromatic ring is 1. The number of rotatable bonds is 3. The first kappa shape index (κ1) is 14.3. The van der Waals surface area contributed by atoms with Crippen LogP contribution in [0.25, 0.3) is 0 Å². The van der Waals surface area contributed by atoms with Gasteiger partial charge in [-0.3, -0.25) is 4.98 Å². The molecule has 1 fully saturated rings. The second-order valence-electron chi connectivity index (χ2n) is 6.33. The molecule has 2 heterocycles. The molecule has 0 amide bonds. The van der Waals surface area contributed by atoms with Crippen molar-refractivity contribution in [2.75, 3.05) is 25.4 Å². The van der Waals surface area contributed by atoms with Crippen LogP contribution in [0, 0.1) is 6.92 Å². The van der Waals surface area contributed by atoms with Crippen molar-refractivity contribution in [2.45, 2.75) is 45.1 Å². The number of anilines is 1. The first-order valence-electron chi connectivity index (χ1n) is 7.02. The largest absolute Gasteiger partial charge is 0.397 e. The van der Waals surface area contributed by atoms with Gasteiger partial charge in [-0.1, -0.05) is 0 Å². The van der Waals surface area contributed by atoms with Crippen molar-refractivity contribution in [2.24, 2.45) is 0 Å². The first-order valence-corrected chi connectivity index (χ1v) is 7.02. The third kappa shape index (κ3) is 3.91. The zero-order valence-corrected chi connectivity index (χ0v) is 12.2. The highest BCUT2D eigenvalue weighted by Crippen LogP contribution is 2.29. The SMILES string of the molecule is Cc1cc(N)cnc1C1CCN(CC(C)(C)O)CC1. The number of piperidine rings is 1. The predicted molar refractivity (Wildman–Crippen MR) is 78.1 cm³/mol. The van der Waals surface area contributed by atoms with Crippen LogP contribution in [-0.4, -0.2) is 40.2 Å². The highest BCUT2D eigenvalue weighted by atomic mass is 16.3. The Balaban J connectivity index is 1.96. The molecule has 0 radical (unpaired) electrons. The second-order valence-corrected chi connectivity index (χ2v) is 6.33. The molecule has 0 unspecified atom stereocenters. The van der Waals surface area contributed by atoms with E-state index in [0.717, 1.165) is 38.2 Å². The maximum Gasteiger partial charge on any atom is 0.0718 e. The summed E-state index contributed by atoms with van der Waals surface area (Å²) in [6.45, 7) is 8.62. The first-order chi connectivity index (χ1) is 8.85. The molecular formula is C15H25N3O. The molecule has 19 heavy (non-hydrogen) atoms. The number of aliphatic hydroxyl groups is 1. The van der Waals surface area contributed by atoms with Gasteiger partial charge in [0.2, 0.25) is 0 Å². The summed E-state index contributed by atoms with van der Waals surface area (Å²) in [5.74, 6) is 0.527. The van der Waals surface area contributed by atoms with Crippen molar-refractivity contribution in [3.8, 4) is 0 Å². The van der Waals surface area contributed by atoms with E-state index in [4.69, 9.17) is 5.73 Å². The van der Waals surface area contributed by atoms with E-state index >= 15 is 0 Å². The van der Waals surface area contributed by atoms with Crippen LogP contribution in [0.15, 0.2) is 12.3 Å². The minimum absolute atomic E-state index is 0.527. The van der Waals surface area contributed by atoms with Gasteiger partial charge in [-0.2, -0.15) is 0 Å². The highest BCUT2D eigenvalue weighted by Gasteiger charge is 2.26. The molecule has 1 aliphatic heterocycles. The summed E-state index contributed by atoms with van der Waals surface area (Å²) in [5, 5.41) is 9.86. The Morgan fingerprint density at radius 1 is 1.42 bits per heavy atom. The Kier molecular flexibility index (Phi) is 4.11. The van der Waals surface area contributed by atoms with Crippen LogP contribution in [0.2, 0.25) is 0 Å². The summed E-state index contributed by atoms with van der Waals surface area (Å²) in [7, 11) is 0. The Hall–Kier alpha value is -1.13. The van der Waals surface area contributed by atoms with E-state index in [1.807, 2.05) is 19.9 Å². The summed E-state index contributed by atoms with van der Waals surface area (Å²) in [6.07, 6.45) is 3.97. The van der Waals surface area contributed by atoms with Gasteiger partial charge < -0.3 is 15.7 Å². The molecule has 0 aliphatic carbocycles. The van der Waals surface area contributed by atoms with Gasteiger partial charge in [-0.25, -0.2) is 0 Å². The molecule has 0 atom stereocenters. The van der Waals surface area contributed by atoms with Crippen LogP contribution in [0.5, 0.6) is 0 Å². The van der Waals surface area contributed by atoms with E-state index in [-0.39, 0.29) is 0 Å². The van der Waals surface area contributed by atoms with Crippen LogP contribution in [-0.2, 0) is 0 Å². The lowest BCUT2D eigenvalue weighted by Crippen LogP contribution is -2.42. The third-order valence-corrected chi connectivity index (χ3v) is 3.72. The lowest BCUT2D eigenvalue weighted by molar-refractivity contribution is 0.0280. The maximum absolute atomic E-state index is 9.86. The number of nitrogens with zero attached hydrogens (tertiary/aromatic N) is 2. The average Bonchev–Trinajstić information content (AvgIpc) is 2.28. The van der Waals surface area contributed by atoms with Crippen LogP contribution >= 0.6 is 0 Å². The van der Waals surface area contributed by atoms with Crippen LogP contribution < -0.4 is 5.73 Å². The number of hydrogen-bond donors (Lipinski definition) is 2. The number of hydrogen-bond acceptors (Lipinski definition) is 4. The Morgan fingerprint density at radius 2 is 2.05 bits per heavy atom. The van der Waals surface area contributed by atoms with Crippen LogP contribution in [0.3, 0.4) is 0 Å². The van der Waals surface area contributed by atoms with E-state index in [2.05, 4.69) is 16.8 Å². The van der Waals surface area contributed by atoms with Gasteiger partial charge >= 0.3 is 0 Å². The van der Waals surface area contributed by atoms with Gasteiger partial charge in [0, 0.05) is 18.2 Å². The van der Waals surface area contributed by atoms with Gasteiger partial charge in [-0.05, 0) is 58.3 Å². The fraction of sp³-hybridized carbons (Fsp3) is 0.667. The number of nitrogens with two attached hydrogens (primary N) is 1. The van der Waals surface area contributed by atoms with Gasteiger partial charge in [0.1, 0.15) is 0 Å². The van der Waals surface area contributed by atoms with E-state index in [9.17, 15) is 5.11 Å². The van der Waals surface area contributed by atoms with Crippen molar-refractivity contribution in [1.29, 1.82) is 0 Å². The summed E-state index contributed by atoms with van der Waals surface area (Å²) in [4.78, 5) is 6.84. The molecule has 4 nitrogen and oxygen atoms in total. The smallest absolute Gasteiger partial charge is 0.0718 e. The normalized spacial score (nSPS) is 18.7. The Morgan fingerprint density at radius 3 is 2.58 bits per heavy atom. The number of aryl methyl sites for hydroxylation is 1. The molecule has 0 bridgehead atoms. The summed E-state index contributed by atoms with van der Waals surface area (Å²) in [5.41, 5.74) is 8.26. The number of β-amino-alcohol motifs (C(OH)–C–C–N with tert-alkyl or cyclic N) is 1. The monoisotopic (exact) mass is 263 g/mol. The predicted octanol–water partition coefficient (Wildman–Crippen LogP) is 1.92. The Bertz CT molecular complexity index is 432. The number of pyridine rings is 1. The summed E-state index contributed by atoms with van der Waals surface area (Å²) < 4.78 is 0. The van der Waals surface area contributed by atoms with Crippen molar-refractivity contribution in [1.82, 2.24) is 9.88 Å². The Labute approximate surface area is 115 Å². The topological polar surface area (TPSA) is 62.4 Å². The van der Waals surface area contributed by atoms with Gasteiger partial charge in [0.25, 0.3) is 0 Å².